The Labute approximate surface area is 135 Å². The van der Waals surface area contributed by atoms with Gasteiger partial charge in [0.1, 0.15) is 17.5 Å². The monoisotopic (exact) mass is 316 g/mol. The van der Waals surface area contributed by atoms with Gasteiger partial charge >= 0.3 is 0 Å². The van der Waals surface area contributed by atoms with Crippen LogP contribution in [-0.2, 0) is 0 Å². The van der Waals surface area contributed by atoms with E-state index in [0.29, 0.717) is 13.1 Å². The summed E-state index contributed by atoms with van der Waals surface area (Å²) < 4.78 is 15.9. The van der Waals surface area contributed by atoms with E-state index in [1.54, 1.807) is 17.0 Å². The third-order valence-corrected chi connectivity index (χ3v) is 4.29. The minimum Gasteiger partial charge on any atom is -0.336 e. The van der Waals surface area contributed by atoms with Crippen molar-refractivity contribution in [2.75, 3.05) is 13.1 Å². The summed E-state index contributed by atoms with van der Waals surface area (Å²) in [5, 5.41) is 4.43. The number of rotatable bonds is 2. The van der Waals surface area contributed by atoms with Crippen LogP contribution >= 0.6 is 0 Å². The van der Waals surface area contributed by atoms with E-state index in [-0.39, 0.29) is 17.5 Å². The fourth-order valence-corrected chi connectivity index (χ4v) is 3.19. The lowest BCUT2D eigenvalue weighted by atomic mass is 10.0. The number of likely N-dealkylation sites (tertiary alicyclic amines) is 1. The standard InChI is InChI=1S/C17H21FN4O/c1-11-6-7-16(18)15(9-11)17(23)21-8-4-5-14(10-21)22-13(3)19-12(2)20-22/h6-7,9,14H,4-5,8,10H2,1-3H3. The van der Waals surface area contributed by atoms with Gasteiger partial charge in [-0.1, -0.05) is 11.6 Å². The predicted octanol–water partition coefficient (Wildman–Crippen LogP) is 2.82. The lowest BCUT2D eigenvalue weighted by Crippen LogP contribution is -2.41. The van der Waals surface area contributed by atoms with Crippen molar-refractivity contribution < 1.29 is 9.18 Å². The Morgan fingerprint density at radius 1 is 1.30 bits per heavy atom. The van der Waals surface area contributed by atoms with Gasteiger partial charge in [0, 0.05) is 13.1 Å². The van der Waals surface area contributed by atoms with Crippen LogP contribution in [0.15, 0.2) is 18.2 Å². The van der Waals surface area contributed by atoms with Crippen LogP contribution < -0.4 is 0 Å². The van der Waals surface area contributed by atoms with Crippen LogP contribution in [0.4, 0.5) is 4.39 Å². The minimum atomic E-state index is -0.462. The largest absolute Gasteiger partial charge is 0.336 e. The molecule has 1 aromatic heterocycles. The second-order valence-corrected chi connectivity index (χ2v) is 6.18. The molecular formula is C17H21FN4O. The van der Waals surface area contributed by atoms with Crippen LogP contribution in [0.3, 0.4) is 0 Å². The van der Waals surface area contributed by atoms with E-state index in [1.807, 2.05) is 25.5 Å². The van der Waals surface area contributed by atoms with Gasteiger partial charge < -0.3 is 4.90 Å². The average Bonchev–Trinajstić information content (AvgIpc) is 2.88. The number of carbonyl (C=O) groups excluding carboxylic acids is 1. The van der Waals surface area contributed by atoms with E-state index < -0.39 is 5.82 Å². The van der Waals surface area contributed by atoms with Crippen LogP contribution in [0, 0.1) is 26.6 Å². The van der Waals surface area contributed by atoms with Gasteiger partial charge in [0.15, 0.2) is 0 Å². The molecule has 1 unspecified atom stereocenters. The van der Waals surface area contributed by atoms with Gasteiger partial charge in [0.25, 0.3) is 5.91 Å². The van der Waals surface area contributed by atoms with Crippen molar-refractivity contribution in [1.29, 1.82) is 0 Å². The molecule has 1 aliphatic heterocycles. The minimum absolute atomic E-state index is 0.0989. The summed E-state index contributed by atoms with van der Waals surface area (Å²) in [6.45, 7) is 6.82. The normalized spacial score (nSPS) is 18.3. The maximum atomic E-state index is 14.0. The number of benzene rings is 1. The van der Waals surface area contributed by atoms with Crippen molar-refractivity contribution >= 4 is 5.91 Å². The van der Waals surface area contributed by atoms with Crippen LogP contribution in [-0.4, -0.2) is 38.7 Å². The third-order valence-electron chi connectivity index (χ3n) is 4.29. The number of amides is 1. The highest BCUT2D eigenvalue weighted by Crippen LogP contribution is 2.24. The van der Waals surface area contributed by atoms with Gasteiger partial charge in [-0.05, 0) is 45.7 Å². The SMILES string of the molecule is Cc1ccc(F)c(C(=O)N2CCCC(n3nc(C)nc3C)C2)c1. The van der Waals surface area contributed by atoms with Gasteiger partial charge in [0.2, 0.25) is 0 Å². The Balaban J connectivity index is 1.82. The molecule has 1 aliphatic rings. The molecule has 1 amide bonds. The maximum absolute atomic E-state index is 14.0. The van der Waals surface area contributed by atoms with Crippen molar-refractivity contribution in [2.24, 2.45) is 0 Å². The fourth-order valence-electron chi connectivity index (χ4n) is 3.19. The van der Waals surface area contributed by atoms with Gasteiger partial charge in [-0.2, -0.15) is 5.10 Å². The number of nitrogens with zero attached hydrogens (tertiary/aromatic N) is 4. The Hall–Kier alpha value is -2.24. The first-order valence-electron chi connectivity index (χ1n) is 7.91. The number of carbonyl (C=O) groups is 1. The first kappa shape index (κ1) is 15.6. The molecule has 0 radical (unpaired) electrons. The summed E-state index contributed by atoms with van der Waals surface area (Å²) >= 11 is 0. The van der Waals surface area contributed by atoms with Crippen molar-refractivity contribution in [1.82, 2.24) is 19.7 Å². The Morgan fingerprint density at radius 3 is 2.78 bits per heavy atom. The molecule has 1 fully saturated rings. The van der Waals surface area contributed by atoms with Gasteiger partial charge in [-0.3, -0.25) is 4.79 Å². The molecule has 0 N–H and O–H groups in total. The van der Waals surface area contributed by atoms with E-state index in [2.05, 4.69) is 10.1 Å². The van der Waals surface area contributed by atoms with Gasteiger partial charge in [0.05, 0.1) is 11.6 Å². The molecule has 2 heterocycles. The van der Waals surface area contributed by atoms with Crippen molar-refractivity contribution in [2.45, 2.75) is 39.7 Å². The molecule has 3 rings (SSSR count). The van der Waals surface area contributed by atoms with E-state index >= 15 is 0 Å². The third kappa shape index (κ3) is 3.11. The number of aryl methyl sites for hydroxylation is 3. The molecule has 122 valence electrons. The number of hydrogen-bond donors (Lipinski definition) is 0. The number of hydrogen-bond acceptors (Lipinski definition) is 3. The summed E-state index contributed by atoms with van der Waals surface area (Å²) in [5.41, 5.74) is 1.03. The zero-order valence-electron chi connectivity index (χ0n) is 13.7. The second kappa shape index (κ2) is 6.10. The molecule has 0 aliphatic carbocycles. The molecule has 5 nitrogen and oxygen atoms in total. The summed E-state index contributed by atoms with van der Waals surface area (Å²) in [6, 6.07) is 4.75. The Bertz CT molecular complexity index is 740. The number of halogens is 1. The van der Waals surface area contributed by atoms with Crippen LogP contribution in [0.25, 0.3) is 0 Å². The maximum Gasteiger partial charge on any atom is 0.256 e. The van der Waals surface area contributed by atoms with E-state index in [1.165, 1.54) is 6.07 Å². The lowest BCUT2D eigenvalue weighted by molar-refractivity contribution is 0.0666. The van der Waals surface area contributed by atoms with Crippen LogP contribution in [0.5, 0.6) is 0 Å². The summed E-state index contributed by atoms with van der Waals surface area (Å²) in [6.07, 6.45) is 1.83. The van der Waals surface area contributed by atoms with Crippen molar-refractivity contribution in [3.63, 3.8) is 0 Å². The van der Waals surface area contributed by atoms with Crippen LogP contribution in [0.2, 0.25) is 0 Å². The van der Waals surface area contributed by atoms with Gasteiger partial charge in [-0.15, -0.1) is 0 Å². The summed E-state index contributed by atoms with van der Waals surface area (Å²) in [5.74, 6) is 0.875. The summed E-state index contributed by atoms with van der Waals surface area (Å²) in [4.78, 5) is 18.7. The molecule has 1 aromatic carbocycles. The average molecular weight is 316 g/mol. The Kier molecular flexibility index (Phi) is 4.15. The molecule has 6 heteroatoms. The first-order valence-corrected chi connectivity index (χ1v) is 7.91. The number of aromatic nitrogens is 3. The predicted molar refractivity (Wildman–Crippen MR) is 84.8 cm³/mol. The molecule has 0 saturated carbocycles. The highest BCUT2D eigenvalue weighted by molar-refractivity contribution is 5.94. The zero-order valence-corrected chi connectivity index (χ0v) is 13.7. The highest BCUT2D eigenvalue weighted by atomic mass is 19.1. The van der Waals surface area contributed by atoms with Crippen LogP contribution in [0.1, 0.15) is 46.5 Å². The molecule has 23 heavy (non-hydrogen) atoms. The highest BCUT2D eigenvalue weighted by Gasteiger charge is 2.28. The molecule has 2 aromatic rings. The van der Waals surface area contributed by atoms with Gasteiger partial charge in [-0.25, -0.2) is 14.1 Å². The Morgan fingerprint density at radius 2 is 2.09 bits per heavy atom. The van der Waals surface area contributed by atoms with E-state index in [4.69, 9.17) is 0 Å². The molecular weight excluding hydrogens is 295 g/mol. The zero-order chi connectivity index (χ0) is 16.6. The molecule has 1 atom stereocenters. The molecule has 1 saturated heterocycles. The molecule has 0 spiro atoms. The topological polar surface area (TPSA) is 51.0 Å². The smallest absolute Gasteiger partial charge is 0.256 e. The van der Waals surface area contributed by atoms with E-state index in [0.717, 1.165) is 30.1 Å². The second-order valence-electron chi connectivity index (χ2n) is 6.18. The first-order chi connectivity index (χ1) is 11.0. The lowest BCUT2D eigenvalue weighted by Gasteiger charge is -2.33. The fraction of sp³-hybridized carbons (Fsp3) is 0.471. The van der Waals surface area contributed by atoms with Crippen molar-refractivity contribution in [3.8, 4) is 0 Å². The van der Waals surface area contributed by atoms with E-state index in [9.17, 15) is 9.18 Å². The van der Waals surface area contributed by atoms with Crippen molar-refractivity contribution in [3.05, 3.63) is 46.8 Å². The summed E-state index contributed by atoms with van der Waals surface area (Å²) in [7, 11) is 0. The molecule has 0 bridgehead atoms. The number of piperidine rings is 1. The quantitative estimate of drug-likeness (QED) is 0.856.